The standard InChI is InChI=1S/C3H6O4.Li/c4-1-2(5)3(6)7;/h2,4-5H,1H2,(H,6,7);/q;+1/p-1/t2-;/m0./s1. The fraction of sp³-hybridized carbons (Fsp3) is 0.667. The summed E-state index contributed by atoms with van der Waals surface area (Å²) in [6, 6.07) is 0. The molecule has 0 aliphatic carbocycles. The molecule has 0 aromatic heterocycles. The molecule has 0 aromatic rings. The van der Waals surface area contributed by atoms with Crippen molar-refractivity contribution in [3.8, 4) is 0 Å². The fourth-order valence-corrected chi connectivity index (χ4v) is 0.0745. The summed E-state index contributed by atoms with van der Waals surface area (Å²) >= 11 is 0. The number of aliphatic hydroxyl groups is 2. The van der Waals surface area contributed by atoms with E-state index in [4.69, 9.17) is 10.2 Å². The average Bonchev–Trinajstić information content (AvgIpc) is 1.65. The Morgan fingerprint density at radius 1 is 1.75 bits per heavy atom. The van der Waals surface area contributed by atoms with Gasteiger partial charge in [-0.25, -0.2) is 0 Å². The second-order valence-electron chi connectivity index (χ2n) is 1.02. The van der Waals surface area contributed by atoms with E-state index in [1.54, 1.807) is 0 Å². The molecule has 0 aliphatic rings. The smallest absolute Gasteiger partial charge is 0.547 e. The van der Waals surface area contributed by atoms with Gasteiger partial charge in [0, 0.05) is 0 Å². The molecule has 0 bridgehead atoms. The Morgan fingerprint density at radius 2 is 2.12 bits per heavy atom. The Kier molecular flexibility index (Phi) is 6.98. The zero-order chi connectivity index (χ0) is 5.86. The van der Waals surface area contributed by atoms with Crippen molar-refractivity contribution in [1.29, 1.82) is 0 Å². The van der Waals surface area contributed by atoms with Gasteiger partial charge in [-0.15, -0.1) is 0 Å². The van der Waals surface area contributed by atoms with E-state index in [1.165, 1.54) is 0 Å². The molecule has 0 saturated heterocycles. The monoisotopic (exact) mass is 112 g/mol. The fourth-order valence-electron chi connectivity index (χ4n) is 0.0745. The van der Waals surface area contributed by atoms with Crippen LogP contribution in [-0.2, 0) is 4.79 Å². The van der Waals surface area contributed by atoms with Gasteiger partial charge in [0.25, 0.3) is 0 Å². The van der Waals surface area contributed by atoms with Crippen molar-refractivity contribution in [1.82, 2.24) is 0 Å². The minimum atomic E-state index is -1.74. The molecule has 0 fully saturated rings. The maximum atomic E-state index is 9.41. The molecule has 1 atom stereocenters. The summed E-state index contributed by atoms with van der Waals surface area (Å²) in [5.74, 6) is -1.65. The summed E-state index contributed by atoms with van der Waals surface area (Å²) in [5, 5.41) is 25.3. The zero-order valence-corrected chi connectivity index (χ0v) is 4.50. The third-order valence-corrected chi connectivity index (χ3v) is 0.445. The molecule has 5 heteroatoms. The van der Waals surface area contributed by atoms with E-state index in [9.17, 15) is 9.90 Å². The van der Waals surface area contributed by atoms with Crippen LogP contribution >= 0.6 is 0 Å². The normalized spacial score (nSPS) is 11.8. The number of aliphatic hydroxyl groups excluding tert-OH is 2. The molecule has 2 N–H and O–H groups in total. The summed E-state index contributed by atoms with van der Waals surface area (Å²) in [5.41, 5.74) is 0. The maximum absolute atomic E-state index is 9.41. The van der Waals surface area contributed by atoms with Crippen LogP contribution < -0.4 is 24.0 Å². The summed E-state index contributed by atoms with van der Waals surface area (Å²) in [7, 11) is 0. The molecule has 0 radical (unpaired) electrons. The first-order valence-corrected chi connectivity index (χ1v) is 1.68. The van der Waals surface area contributed by atoms with Gasteiger partial charge in [0.1, 0.15) is 6.10 Å². The van der Waals surface area contributed by atoms with E-state index in [0.717, 1.165) is 0 Å². The van der Waals surface area contributed by atoms with Crippen molar-refractivity contribution in [2.75, 3.05) is 6.61 Å². The van der Waals surface area contributed by atoms with Crippen molar-refractivity contribution in [2.24, 2.45) is 0 Å². The average molecular weight is 112 g/mol. The van der Waals surface area contributed by atoms with Gasteiger partial charge in [0.2, 0.25) is 0 Å². The van der Waals surface area contributed by atoms with Gasteiger partial charge in [-0.1, -0.05) is 0 Å². The Bertz CT molecular complexity index is 73.7. The number of carbonyl (C=O) groups is 1. The van der Waals surface area contributed by atoms with Crippen LogP contribution in [0.3, 0.4) is 0 Å². The van der Waals surface area contributed by atoms with Crippen LogP contribution in [0.1, 0.15) is 0 Å². The van der Waals surface area contributed by atoms with Gasteiger partial charge in [-0.2, -0.15) is 0 Å². The minimum Gasteiger partial charge on any atom is -0.547 e. The number of rotatable bonds is 2. The van der Waals surface area contributed by atoms with E-state index in [1.807, 2.05) is 0 Å². The molecule has 0 heterocycles. The van der Waals surface area contributed by atoms with E-state index < -0.39 is 18.7 Å². The van der Waals surface area contributed by atoms with Gasteiger partial charge in [-0.05, 0) is 0 Å². The van der Waals surface area contributed by atoms with Crippen molar-refractivity contribution >= 4 is 5.97 Å². The first-order valence-electron chi connectivity index (χ1n) is 1.68. The van der Waals surface area contributed by atoms with Crippen LogP contribution in [0.15, 0.2) is 0 Å². The number of aliphatic carboxylic acids is 1. The van der Waals surface area contributed by atoms with Crippen molar-refractivity contribution in [2.45, 2.75) is 6.10 Å². The largest absolute Gasteiger partial charge is 1.00 e. The van der Waals surface area contributed by atoms with Crippen molar-refractivity contribution in [3.05, 3.63) is 0 Å². The molecule has 42 valence electrons. The topological polar surface area (TPSA) is 80.6 Å². The van der Waals surface area contributed by atoms with Crippen LogP contribution in [0.2, 0.25) is 0 Å². The predicted molar refractivity (Wildman–Crippen MR) is 18.1 cm³/mol. The van der Waals surface area contributed by atoms with Gasteiger partial charge >= 0.3 is 18.9 Å². The molecule has 0 aliphatic heterocycles. The Balaban J connectivity index is 0. The number of carboxylic acid groups (broad SMARTS) is 1. The second-order valence-corrected chi connectivity index (χ2v) is 1.02. The molecule has 4 nitrogen and oxygen atoms in total. The first-order chi connectivity index (χ1) is 3.18. The SMILES string of the molecule is O=C([O-])[C@@H](O)CO.[Li+]. The van der Waals surface area contributed by atoms with E-state index in [-0.39, 0.29) is 18.9 Å². The van der Waals surface area contributed by atoms with Crippen molar-refractivity contribution in [3.63, 3.8) is 0 Å². The third kappa shape index (κ3) is 4.15. The third-order valence-electron chi connectivity index (χ3n) is 0.445. The number of hydrogen-bond donors (Lipinski definition) is 2. The molecule has 0 unspecified atom stereocenters. The number of carbonyl (C=O) groups excluding carboxylic acids is 1. The van der Waals surface area contributed by atoms with Crippen LogP contribution in [0.25, 0.3) is 0 Å². The zero-order valence-electron chi connectivity index (χ0n) is 4.50. The van der Waals surface area contributed by atoms with Crippen LogP contribution in [0, 0.1) is 0 Å². The summed E-state index contributed by atoms with van der Waals surface area (Å²) in [6.07, 6.45) is -1.74. The first kappa shape index (κ1) is 10.9. The van der Waals surface area contributed by atoms with Gasteiger partial charge in [0.15, 0.2) is 0 Å². The maximum Gasteiger partial charge on any atom is 1.00 e. The quantitative estimate of drug-likeness (QED) is 0.348. The summed E-state index contributed by atoms with van der Waals surface area (Å²) in [4.78, 5) is 9.41. The van der Waals surface area contributed by atoms with Crippen LogP contribution in [0.5, 0.6) is 0 Å². The van der Waals surface area contributed by atoms with Gasteiger partial charge in [-0.3, -0.25) is 0 Å². The van der Waals surface area contributed by atoms with Gasteiger partial charge < -0.3 is 20.1 Å². The molecular formula is C3H5LiO4. The van der Waals surface area contributed by atoms with E-state index in [2.05, 4.69) is 0 Å². The van der Waals surface area contributed by atoms with E-state index >= 15 is 0 Å². The summed E-state index contributed by atoms with van der Waals surface area (Å²) in [6.45, 7) is -0.789. The summed E-state index contributed by atoms with van der Waals surface area (Å²) < 4.78 is 0. The van der Waals surface area contributed by atoms with Gasteiger partial charge in [0.05, 0.1) is 12.6 Å². The molecule has 0 rings (SSSR count). The number of hydrogen-bond acceptors (Lipinski definition) is 4. The number of carboxylic acids is 1. The molecule has 0 spiro atoms. The Hall–Kier alpha value is -0.0126. The molecule has 0 aromatic carbocycles. The van der Waals surface area contributed by atoms with Crippen LogP contribution in [-0.4, -0.2) is 28.9 Å². The minimum absolute atomic E-state index is 0. The molecular weight excluding hydrogens is 107 g/mol. The molecule has 8 heavy (non-hydrogen) atoms. The molecule has 0 saturated carbocycles. The Labute approximate surface area is 58.3 Å². The van der Waals surface area contributed by atoms with Crippen LogP contribution in [0.4, 0.5) is 0 Å². The predicted octanol–water partition coefficient (Wildman–Crippen LogP) is -5.91. The van der Waals surface area contributed by atoms with Crippen molar-refractivity contribution < 1.29 is 39.0 Å². The molecule has 0 amide bonds. The second kappa shape index (κ2) is 5.13. The van der Waals surface area contributed by atoms with E-state index in [0.29, 0.717) is 0 Å². The Morgan fingerprint density at radius 3 is 2.12 bits per heavy atom.